The maximum Gasteiger partial charge on any atom is 0.237 e. The number of amides is 1. The molecule has 0 aromatic heterocycles. The van der Waals surface area contributed by atoms with Gasteiger partial charge in [-0.3, -0.25) is 4.79 Å². The van der Waals surface area contributed by atoms with Crippen molar-refractivity contribution in [1.29, 1.82) is 0 Å². The van der Waals surface area contributed by atoms with Crippen molar-refractivity contribution in [3.8, 4) is 0 Å². The molecule has 1 heterocycles. The molecule has 0 bridgehead atoms. The third-order valence-electron chi connectivity index (χ3n) is 3.84. The van der Waals surface area contributed by atoms with E-state index < -0.39 is 0 Å². The predicted octanol–water partition coefficient (Wildman–Crippen LogP) is 1.29. The van der Waals surface area contributed by atoms with Crippen molar-refractivity contribution in [3.05, 3.63) is 0 Å². The molecule has 1 saturated carbocycles. The van der Waals surface area contributed by atoms with Crippen LogP contribution in [0.1, 0.15) is 39.5 Å². The molecule has 2 fully saturated rings. The summed E-state index contributed by atoms with van der Waals surface area (Å²) < 4.78 is 0. The summed E-state index contributed by atoms with van der Waals surface area (Å²) in [6.45, 7) is 5.43. The number of hydrogen-bond donors (Lipinski definition) is 2. The minimum Gasteiger partial charge on any atom is -0.355 e. The fraction of sp³-hybridized carbons (Fsp3) is 0.917. The van der Waals surface area contributed by atoms with Gasteiger partial charge >= 0.3 is 0 Å². The van der Waals surface area contributed by atoms with Crippen molar-refractivity contribution in [2.45, 2.75) is 51.6 Å². The molecule has 1 atom stereocenters. The summed E-state index contributed by atoms with van der Waals surface area (Å²) in [7, 11) is 0. The lowest BCUT2D eigenvalue weighted by molar-refractivity contribution is -0.125. The van der Waals surface area contributed by atoms with E-state index in [2.05, 4.69) is 24.5 Å². The van der Waals surface area contributed by atoms with E-state index in [4.69, 9.17) is 0 Å². The first-order chi connectivity index (χ1) is 7.16. The molecule has 1 aliphatic carbocycles. The Labute approximate surface area is 92.0 Å². The van der Waals surface area contributed by atoms with Crippen molar-refractivity contribution in [1.82, 2.24) is 10.6 Å². The molecule has 2 N–H and O–H groups in total. The molecule has 86 valence electrons. The van der Waals surface area contributed by atoms with Gasteiger partial charge in [0.15, 0.2) is 0 Å². The molecular weight excluding hydrogens is 188 g/mol. The van der Waals surface area contributed by atoms with Gasteiger partial charge in [-0.2, -0.15) is 0 Å². The van der Waals surface area contributed by atoms with Crippen LogP contribution in [-0.4, -0.2) is 24.5 Å². The fourth-order valence-electron chi connectivity index (χ4n) is 2.56. The van der Waals surface area contributed by atoms with Gasteiger partial charge in [0.2, 0.25) is 5.91 Å². The summed E-state index contributed by atoms with van der Waals surface area (Å²) in [4.78, 5) is 11.5. The highest BCUT2D eigenvalue weighted by Gasteiger charge is 2.34. The standard InChI is InChI=1S/C12H22N2O/c1-8(2)9-6-10(7-9)14-11-4-3-5-13-12(11)15/h8-11,14H,3-7H2,1-2H3,(H,13,15). The van der Waals surface area contributed by atoms with E-state index in [-0.39, 0.29) is 11.9 Å². The number of piperidine rings is 1. The lowest BCUT2D eigenvalue weighted by Gasteiger charge is -2.41. The summed E-state index contributed by atoms with van der Waals surface area (Å²) in [6.07, 6.45) is 4.63. The van der Waals surface area contributed by atoms with Crippen LogP contribution in [0, 0.1) is 11.8 Å². The minimum absolute atomic E-state index is 0.0804. The monoisotopic (exact) mass is 210 g/mol. The Kier molecular flexibility index (Phi) is 3.29. The number of nitrogens with one attached hydrogen (secondary N) is 2. The van der Waals surface area contributed by atoms with E-state index in [1.54, 1.807) is 0 Å². The van der Waals surface area contributed by atoms with Crippen LogP contribution in [0.3, 0.4) is 0 Å². The van der Waals surface area contributed by atoms with Crippen LogP contribution in [0.2, 0.25) is 0 Å². The van der Waals surface area contributed by atoms with Gasteiger partial charge < -0.3 is 10.6 Å². The number of carbonyl (C=O) groups is 1. The molecule has 0 radical (unpaired) electrons. The number of hydrogen-bond acceptors (Lipinski definition) is 2. The van der Waals surface area contributed by atoms with Gasteiger partial charge in [0.1, 0.15) is 0 Å². The molecule has 1 aliphatic heterocycles. The van der Waals surface area contributed by atoms with Gasteiger partial charge in [-0.05, 0) is 37.5 Å². The molecule has 15 heavy (non-hydrogen) atoms. The zero-order chi connectivity index (χ0) is 10.8. The van der Waals surface area contributed by atoms with Crippen LogP contribution in [0.25, 0.3) is 0 Å². The van der Waals surface area contributed by atoms with Crippen molar-refractivity contribution >= 4 is 5.91 Å². The van der Waals surface area contributed by atoms with Crippen molar-refractivity contribution in [3.63, 3.8) is 0 Å². The Morgan fingerprint density at radius 1 is 1.40 bits per heavy atom. The van der Waals surface area contributed by atoms with Crippen molar-refractivity contribution in [2.75, 3.05) is 6.54 Å². The van der Waals surface area contributed by atoms with E-state index in [0.717, 1.165) is 31.2 Å². The molecule has 3 nitrogen and oxygen atoms in total. The third-order valence-corrected chi connectivity index (χ3v) is 3.84. The molecule has 2 aliphatic rings. The van der Waals surface area contributed by atoms with Gasteiger partial charge in [-0.25, -0.2) is 0 Å². The summed E-state index contributed by atoms with van der Waals surface area (Å²) in [5.74, 6) is 1.87. The van der Waals surface area contributed by atoms with Crippen LogP contribution >= 0.6 is 0 Å². The van der Waals surface area contributed by atoms with Crippen molar-refractivity contribution < 1.29 is 4.79 Å². The zero-order valence-electron chi connectivity index (χ0n) is 9.75. The van der Waals surface area contributed by atoms with E-state index in [9.17, 15) is 4.79 Å². The topological polar surface area (TPSA) is 41.1 Å². The third kappa shape index (κ3) is 2.51. The minimum atomic E-state index is 0.0804. The van der Waals surface area contributed by atoms with E-state index in [0.29, 0.717) is 6.04 Å². The molecule has 0 aromatic rings. The highest BCUT2D eigenvalue weighted by atomic mass is 16.2. The van der Waals surface area contributed by atoms with Crippen molar-refractivity contribution in [2.24, 2.45) is 11.8 Å². The van der Waals surface area contributed by atoms with E-state index in [1.165, 1.54) is 12.8 Å². The zero-order valence-corrected chi connectivity index (χ0v) is 9.75. The number of carbonyl (C=O) groups excluding carboxylic acids is 1. The Morgan fingerprint density at radius 3 is 2.73 bits per heavy atom. The Balaban J connectivity index is 1.72. The van der Waals surface area contributed by atoms with Gasteiger partial charge in [0.05, 0.1) is 6.04 Å². The lowest BCUT2D eigenvalue weighted by atomic mass is 9.73. The molecule has 0 spiro atoms. The summed E-state index contributed by atoms with van der Waals surface area (Å²) in [5, 5.41) is 6.40. The van der Waals surface area contributed by atoms with Gasteiger partial charge in [0, 0.05) is 12.6 Å². The summed E-state index contributed by atoms with van der Waals surface area (Å²) >= 11 is 0. The summed E-state index contributed by atoms with van der Waals surface area (Å²) in [6, 6.07) is 0.670. The molecule has 2 rings (SSSR count). The maximum absolute atomic E-state index is 11.5. The molecule has 1 unspecified atom stereocenters. The Morgan fingerprint density at radius 2 is 2.13 bits per heavy atom. The molecular formula is C12H22N2O. The SMILES string of the molecule is CC(C)C1CC(NC2CCCNC2=O)C1. The van der Waals surface area contributed by atoms with Gasteiger partial charge in [0.25, 0.3) is 0 Å². The Hall–Kier alpha value is -0.570. The second-order valence-corrected chi connectivity index (χ2v) is 5.32. The van der Waals surface area contributed by atoms with Crippen LogP contribution in [0.4, 0.5) is 0 Å². The van der Waals surface area contributed by atoms with Crippen LogP contribution in [0.5, 0.6) is 0 Å². The average Bonchev–Trinajstić information content (AvgIpc) is 2.12. The smallest absolute Gasteiger partial charge is 0.237 e. The number of rotatable bonds is 3. The average molecular weight is 210 g/mol. The largest absolute Gasteiger partial charge is 0.355 e. The normalized spacial score (nSPS) is 36.2. The quantitative estimate of drug-likeness (QED) is 0.737. The highest BCUT2D eigenvalue weighted by Crippen LogP contribution is 2.34. The Bertz CT molecular complexity index is 234. The van der Waals surface area contributed by atoms with Crippen LogP contribution < -0.4 is 10.6 Å². The molecule has 1 amide bonds. The van der Waals surface area contributed by atoms with E-state index >= 15 is 0 Å². The molecule has 0 aromatic carbocycles. The molecule has 1 saturated heterocycles. The lowest BCUT2D eigenvalue weighted by Crippen LogP contribution is -2.55. The maximum atomic E-state index is 11.5. The fourth-order valence-corrected chi connectivity index (χ4v) is 2.56. The highest BCUT2D eigenvalue weighted by molar-refractivity contribution is 5.82. The van der Waals surface area contributed by atoms with Crippen LogP contribution in [0.15, 0.2) is 0 Å². The van der Waals surface area contributed by atoms with E-state index in [1.807, 2.05) is 0 Å². The van der Waals surface area contributed by atoms with Gasteiger partial charge in [-0.1, -0.05) is 13.8 Å². The second kappa shape index (κ2) is 4.52. The first-order valence-electron chi connectivity index (χ1n) is 6.20. The predicted molar refractivity (Wildman–Crippen MR) is 60.5 cm³/mol. The van der Waals surface area contributed by atoms with Gasteiger partial charge in [-0.15, -0.1) is 0 Å². The first-order valence-corrected chi connectivity index (χ1v) is 6.20. The second-order valence-electron chi connectivity index (χ2n) is 5.32. The first kappa shape index (κ1) is 10.9. The molecule has 3 heteroatoms. The summed E-state index contributed by atoms with van der Waals surface area (Å²) in [5.41, 5.74) is 0. The van der Waals surface area contributed by atoms with Crippen LogP contribution in [-0.2, 0) is 4.79 Å².